The van der Waals surface area contributed by atoms with Crippen molar-refractivity contribution in [3.63, 3.8) is 0 Å². The smallest absolute Gasteiger partial charge is 0.407 e. The van der Waals surface area contributed by atoms with Gasteiger partial charge in [0.25, 0.3) is 0 Å². The molecule has 0 aromatic heterocycles. The Balaban J connectivity index is 0. The topological polar surface area (TPSA) is 75.2 Å². The molecule has 0 aromatic carbocycles. The van der Waals surface area contributed by atoms with Crippen LogP contribution in [0.1, 0.15) is 67.2 Å². The van der Waals surface area contributed by atoms with E-state index in [0.29, 0.717) is 5.92 Å². The number of guanidine groups is 1. The van der Waals surface area contributed by atoms with Gasteiger partial charge in [-0.1, -0.05) is 13.8 Å². The number of alkyl carbamates (subject to hydrolysis) is 1. The molecule has 0 rings (SSSR count). The molecule has 0 aliphatic heterocycles. The van der Waals surface area contributed by atoms with Gasteiger partial charge in [-0.2, -0.15) is 0 Å². The van der Waals surface area contributed by atoms with Crippen LogP contribution in [0.25, 0.3) is 0 Å². The van der Waals surface area contributed by atoms with E-state index in [4.69, 9.17) is 14.5 Å². The van der Waals surface area contributed by atoms with E-state index in [1.807, 2.05) is 27.8 Å². The number of nitrogens with one attached hydrogen (secondary N) is 2. The van der Waals surface area contributed by atoms with Crippen LogP contribution in [0, 0.1) is 5.92 Å². The number of aliphatic imine (C=N–C) groups is 1. The van der Waals surface area contributed by atoms with Gasteiger partial charge in [0, 0.05) is 46.4 Å². The Hall–Kier alpha value is -0.770. The van der Waals surface area contributed by atoms with Gasteiger partial charge in [0.1, 0.15) is 5.60 Å². The number of unbranched alkanes of at least 4 members (excludes halogenated alkanes) is 2. The maximum Gasteiger partial charge on any atom is 0.407 e. The highest BCUT2D eigenvalue weighted by Gasteiger charge is 2.22. The Bertz CT molecular complexity index is 454. The van der Waals surface area contributed by atoms with E-state index >= 15 is 0 Å². The number of methoxy groups -OCH3 is 1. The van der Waals surface area contributed by atoms with Crippen molar-refractivity contribution in [3.05, 3.63) is 0 Å². The van der Waals surface area contributed by atoms with Crippen molar-refractivity contribution in [1.29, 1.82) is 0 Å². The number of carbonyl (C=O) groups is 1. The first-order valence-electron chi connectivity index (χ1n) is 10.6. The van der Waals surface area contributed by atoms with Gasteiger partial charge in [0.2, 0.25) is 0 Å². The largest absolute Gasteiger partial charge is 0.444 e. The minimum absolute atomic E-state index is 0. The van der Waals surface area contributed by atoms with Crippen molar-refractivity contribution >= 4 is 36.0 Å². The predicted octanol–water partition coefficient (Wildman–Crippen LogP) is 4.26. The van der Waals surface area contributed by atoms with Gasteiger partial charge in [0.15, 0.2) is 5.96 Å². The first-order valence-corrected chi connectivity index (χ1v) is 10.6. The Labute approximate surface area is 195 Å². The molecule has 174 valence electrons. The van der Waals surface area contributed by atoms with Crippen LogP contribution < -0.4 is 10.6 Å². The third-order valence-corrected chi connectivity index (χ3v) is 4.25. The number of amides is 1. The van der Waals surface area contributed by atoms with Gasteiger partial charge in [-0.15, -0.1) is 24.0 Å². The number of ether oxygens (including phenoxy) is 2. The summed E-state index contributed by atoms with van der Waals surface area (Å²) in [5.41, 5.74) is -0.490. The van der Waals surface area contributed by atoms with E-state index in [1.54, 1.807) is 7.11 Å². The summed E-state index contributed by atoms with van der Waals surface area (Å²) in [5.74, 6) is 1.23. The fourth-order valence-electron chi connectivity index (χ4n) is 2.66. The number of hydrogen-bond donors (Lipinski definition) is 2. The lowest BCUT2D eigenvalue weighted by atomic mass is 10.0. The van der Waals surface area contributed by atoms with E-state index in [-0.39, 0.29) is 36.1 Å². The molecule has 0 fully saturated rings. The minimum Gasteiger partial charge on any atom is -0.444 e. The van der Waals surface area contributed by atoms with Crippen LogP contribution in [0.5, 0.6) is 0 Å². The van der Waals surface area contributed by atoms with Gasteiger partial charge in [-0.3, -0.25) is 4.99 Å². The van der Waals surface area contributed by atoms with Crippen molar-refractivity contribution in [3.8, 4) is 0 Å². The van der Waals surface area contributed by atoms with Crippen LogP contribution in [0.4, 0.5) is 4.79 Å². The molecule has 1 unspecified atom stereocenters. The number of rotatable bonds is 12. The lowest BCUT2D eigenvalue weighted by Crippen LogP contribution is -2.45. The SMILES string of the molecule is CCNC(=NCCCCCOC)N(C)CCC(NC(=O)OC(C)(C)C)C(C)C.I. The molecule has 0 spiro atoms. The van der Waals surface area contributed by atoms with Crippen LogP contribution in [-0.4, -0.2) is 69.0 Å². The highest BCUT2D eigenvalue weighted by Crippen LogP contribution is 2.11. The summed E-state index contributed by atoms with van der Waals surface area (Å²) < 4.78 is 10.5. The Morgan fingerprint density at radius 3 is 2.34 bits per heavy atom. The maximum absolute atomic E-state index is 12.1. The zero-order valence-corrected chi connectivity index (χ0v) is 22.2. The Morgan fingerprint density at radius 2 is 1.83 bits per heavy atom. The molecule has 1 amide bonds. The highest BCUT2D eigenvalue weighted by molar-refractivity contribution is 14.0. The molecule has 0 bridgehead atoms. The van der Waals surface area contributed by atoms with Gasteiger partial charge in [-0.25, -0.2) is 4.79 Å². The van der Waals surface area contributed by atoms with E-state index in [1.165, 1.54) is 0 Å². The Kier molecular flexibility index (Phi) is 17.8. The Morgan fingerprint density at radius 1 is 1.17 bits per heavy atom. The molecular formula is C21H45IN4O3. The molecular weight excluding hydrogens is 483 g/mol. The van der Waals surface area contributed by atoms with Crippen molar-refractivity contribution in [2.75, 3.05) is 40.4 Å². The number of carbonyl (C=O) groups excluding carboxylic acids is 1. The molecule has 2 N–H and O–H groups in total. The fraction of sp³-hybridized carbons (Fsp3) is 0.905. The summed E-state index contributed by atoms with van der Waals surface area (Å²) in [6, 6.07) is 0.0502. The molecule has 1 atom stereocenters. The lowest BCUT2D eigenvalue weighted by molar-refractivity contribution is 0.0486. The molecule has 8 heteroatoms. The van der Waals surface area contributed by atoms with Gasteiger partial charge in [0.05, 0.1) is 0 Å². The number of nitrogens with zero attached hydrogens (tertiary/aromatic N) is 2. The van der Waals surface area contributed by atoms with E-state index < -0.39 is 5.60 Å². The molecule has 0 saturated heterocycles. The molecule has 0 heterocycles. The zero-order valence-electron chi connectivity index (χ0n) is 19.8. The monoisotopic (exact) mass is 528 g/mol. The van der Waals surface area contributed by atoms with Crippen LogP contribution in [-0.2, 0) is 9.47 Å². The second-order valence-electron chi connectivity index (χ2n) is 8.50. The third-order valence-electron chi connectivity index (χ3n) is 4.25. The molecule has 29 heavy (non-hydrogen) atoms. The molecule has 0 radical (unpaired) electrons. The first kappa shape index (κ1) is 30.4. The van der Waals surface area contributed by atoms with E-state index in [2.05, 4.69) is 36.3 Å². The first-order chi connectivity index (χ1) is 13.1. The summed E-state index contributed by atoms with van der Waals surface area (Å²) in [4.78, 5) is 19.0. The average Bonchev–Trinajstić information content (AvgIpc) is 2.58. The van der Waals surface area contributed by atoms with Crippen molar-refractivity contribution in [2.45, 2.75) is 78.9 Å². The molecule has 0 aliphatic rings. The molecule has 0 aliphatic carbocycles. The van der Waals surface area contributed by atoms with E-state index in [9.17, 15) is 4.79 Å². The van der Waals surface area contributed by atoms with Crippen LogP contribution >= 0.6 is 24.0 Å². The molecule has 0 saturated carbocycles. The third kappa shape index (κ3) is 16.7. The number of hydrogen-bond acceptors (Lipinski definition) is 4. The van der Waals surface area contributed by atoms with Gasteiger partial charge in [-0.05, 0) is 59.3 Å². The van der Waals surface area contributed by atoms with Gasteiger partial charge >= 0.3 is 6.09 Å². The summed E-state index contributed by atoms with van der Waals surface area (Å²) in [6.07, 6.45) is 3.72. The second kappa shape index (κ2) is 17.0. The van der Waals surface area contributed by atoms with E-state index in [0.717, 1.165) is 57.9 Å². The standard InChI is InChI=1S/C21H44N4O3.HI/c1-9-22-19(23-14-11-10-12-16-27-8)25(7)15-13-18(17(2)3)24-20(26)28-21(4,5)6;/h17-18H,9-16H2,1-8H3,(H,22,23)(H,24,26);1H. The van der Waals surface area contributed by atoms with Crippen LogP contribution in [0.3, 0.4) is 0 Å². The van der Waals surface area contributed by atoms with Gasteiger partial charge < -0.3 is 25.0 Å². The van der Waals surface area contributed by atoms with Crippen molar-refractivity contribution in [1.82, 2.24) is 15.5 Å². The maximum atomic E-state index is 12.1. The second-order valence-corrected chi connectivity index (χ2v) is 8.50. The quantitative estimate of drug-likeness (QED) is 0.171. The number of halogens is 1. The highest BCUT2D eigenvalue weighted by atomic mass is 127. The average molecular weight is 529 g/mol. The normalized spacial score (nSPS) is 12.9. The summed E-state index contributed by atoms with van der Waals surface area (Å²) in [5, 5.41) is 6.36. The molecule has 7 nitrogen and oxygen atoms in total. The summed E-state index contributed by atoms with van der Waals surface area (Å²) >= 11 is 0. The fourth-order valence-corrected chi connectivity index (χ4v) is 2.66. The minimum atomic E-state index is -0.490. The van der Waals surface area contributed by atoms with Crippen molar-refractivity contribution < 1.29 is 14.3 Å². The summed E-state index contributed by atoms with van der Waals surface area (Å²) in [7, 11) is 3.77. The van der Waals surface area contributed by atoms with Crippen molar-refractivity contribution in [2.24, 2.45) is 10.9 Å². The van der Waals surface area contributed by atoms with Crippen LogP contribution in [0.2, 0.25) is 0 Å². The lowest BCUT2D eigenvalue weighted by Gasteiger charge is -2.28. The van der Waals surface area contributed by atoms with Crippen LogP contribution in [0.15, 0.2) is 4.99 Å². The molecule has 0 aromatic rings. The summed E-state index contributed by atoms with van der Waals surface area (Å²) in [6.45, 7) is 15.2. The predicted molar refractivity (Wildman–Crippen MR) is 132 cm³/mol. The zero-order chi connectivity index (χ0) is 21.6.